The van der Waals surface area contributed by atoms with Gasteiger partial charge in [0.1, 0.15) is 5.82 Å². The number of aromatic amines is 1. The van der Waals surface area contributed by atoms with Gasteiger partial charge in [-0.05, 0) is 30.3 Å². The van der Waals surface area contributed by atoms with Crippen molar-refractivity contribution in [1.29, 1.82) is 0 Å². The first-order valence-corrected chi connectivity index (χ1v) is 8.46. The normalized spacial score (nSPS) is 11.3. The van der Waals surface area contributed by atoms with Crippen molar-refractivity contribution in [1.82, 2.24) is 15.3 Å². The van der Waals surface area contributed by atoms with Crippen LogP contribution in [0.3, 0.4) is 0 Å². The molecule has 26 heavy (non-hydrogen) atoms. The van der Waals surface area contributed by atoms with Crippen LogP contribution in [0.5, 0.6) is 0 Å². The van der Waals surface area contributed by atoms with Gasteiger partial charge < -0.3 is 15.6 Å². The summed E-state index contributed by atoms with van der Waals surface area (Å²) in [5.41, 5.74) is 2.38. The number of nitrogens with zero attached hydrogens (tertiary/aromatic N) is 1. The van der Waals surface area contributed by atoms with Gasteiger partial charge in [0.05, 0.1) is 17.6 Å². The number of benzene rings is 2. The van der Waals surface area contributed by atoms with Crippen molar-refractivity contribution in [2.75, 3.05) is 5.32 Å². The lowest BCUT2D eigenvalue weighted by Crippen LogP contribution is -2.28. The van der Waals surface area contributed by atoms with E-state index >= 15 is 0 Å². The number of H-pyrrole nitrogens is 1. The molecule has 6 heteroatoms. The maximum absolute atomic E-state index is 12.4. The number of hydrogen-bond donors (Lipinski definition) is 3. The van der Waals surface area contributed by atoms with Crippen LogP contribution < -0.4 is 10.6 Å². The van der Waals surface area contributed by atoms with E-state index < -0.39 is 5.41 Å². The van der Waals surface area contributed by atoms with Crippen LogP contribution in [0.1, 0.15) is 37.0 Å². The van der Waals surface area contributed by atoms with Crippen molar-refractivity contribution >= 4 is 28.5 Å². The molecule has 1 heterocycles. The molecule has 134 valence electrons. The fraction of sp³-hybridized carbons (Fsp3) is 0.250. The maximum Gasteiger partial charge on any atom is 0.251 e. The van der Waals surface area contributed by atoms with E-state index in [1.165, 1.54) is 0 Å². The molecule has 0 aliphatic heterocycles. The van der Waals surface area contributed by atoms with E-state index in [2.05, 4.69) is 20.6 Å². The lowest BCUT2D eigenvalue weighted by molar-refractivity contribution is -0.123. The predicted octanol–water partition coefficient (Wildman–Crippen LogP) is 3.48. The molecule has 2 amide bonds. The molecule has 0 aliphatic carbocycles. The van der Waals surface area contributed by atoms with Gasteiger partial charge in [0.25, 0.3) is 5.91 Å². The summed E-state index contributed by atoms with van der Waals surface area (Å²) in [5, 5.41) is 5.67. The van der Waals surface area contributed by atoms with E-state index in [0.29, 0.717) is 23.6 Å². The van der Waals surface area contributed by atoms with Gasteiger partial charge in [0, 0.05) is 16.7 Å². The Labute approximate surface area is 152 Å². The zero-order chi connectivity index (χ0) is 18.7. The summed E-state index contributed by atoms with van der Waals surface area (Å²) in [7, 11) is 0. The summed E-state index contributed by atoms with van der Waals surface area (Å²) in [6, 6.07) is 14.6. The second-order valence-electron chi connectivity index (χ2n) is 7.17. The molecule has 3 aromatic rings. The van der Waals surface area contributed by atoms with E-state index in [-0.39, 0.29) is 11.8 Å². The van der Waals surface area contributed by atoms with Crippen LogP contribution in [0.25, 0.3) is 11.0 Å². The third-order valence-electron chi connectivity index (χ3n) is 3.92. The Morgan fingerprint density at radius 1 is 1.08 bits per heavy atom. The average Bonchev–Trinajstić information content (AvgIpc) is 3.02. The lowest BCUT2D eigenvalue weighted by atomic mass is 9.95. The number of aromatic nitrogens is 2. The number of carbonyl (C=O) groups is 2. The minimum Gasteiger partial charge on any atom is -0.345 e. The summed E-state index contributed by atoms with van der Waals surface area (Å²) in [5.74, 6) is 0.367. The first-order chi connectivity index (χ1) is 12.3. The van der Waals surface area contributed by atoms with Gasteiger partial charge in [-0.15, -0.1) is 0 Å². The molecular weight excluding hydrogens is 328 g/mol. The van der Waals surface area contributed by atoms with Crippen molar-refractivity contribution in [3.05, 3.63) is 59.9 Å². The Balaban J connectivity index is 1.66. The molecule has 0 aliphatic rings. The maximum atomic E-state index is 12.4. The Hall–Kier alpha value is -3.15. The summed E-state index contributed by atoms with van der Waals surface area (Å²) in [6.45, 7) is 5.82. The second kappa shape index (κ2) is 7.00. The molecule has 1 aromatic heterocycles. The molecule has 6 nitrogen and oxygen atoms in total. The molecule has 0 bridgehead atoms. The second-order valence-corrected chi connectivity index (χ2v) is 7.17. The number of rotatable bonds is 4. The van der Waals surface area contributed by atoms with Gasteiger partial charge in [0.2, 0.25) is 5.91 Å². The Morgan fingerprint density at radius 3 is 2.58 bits per heavy atom. The van der Waals surface area contributed by atoms with Crippen LogP contribution in [0, 0.1) is 5.41 Å². The quantitative estimate of drug-likeness (QED) is 0.673. The molecule has 0 unspecified atom stereocenters. The fourth-order valence-corrected chi connectivity index (χ4v) is 2.41. The molecule has 0 saturated heterocycles. The number of anilines is 1. The molecule has 2 aromatic carbocycles. The number of para-hydroxylation sites is 2. The van der Waals surface area contributed by atoms with Gasteiger partial charge in [0.15, 0.2) is 0 Å². The van der Waals surface area contributed by atoms with Crippen LogP contribution >= 0.6 is 0 Å². The summed E-state index contributed by atoms with van der Waals surface area (Å²) in [6.07, 6.45) is 0. The number of imidazole rings is 1. The van der Waals surface area contributed by atoms with E-state index in [0.717, 1.165) is 11.0 Å². The van der Waals surface area contributed by atoms with E-state index in [1.54, 1.807) is 24.3 Å². The van der Waals surface area contributed by atoms with Crippen LogP contribution in [0.4, 0.5) is 5.69 Å². The highest BCUT2D eigenvalue weighted by atomic mass is 16.2. The van der Waals surface area contributed by atoms with Crippen LogP contribution in [-0.4, -0.2) is 21.8 Å². The standard InChI is InChI=1S/C20H22N4O2/c1-20(2,3)19(26)22-14-8-6-7-13(11-14)18(25)21-12-17-23-15-9-4-5-10-16(15)24-17/h4-11H,12H2,1-3H3,(H,21,25)(H,22,26)(H,23,24). The smallest absolute Gasteiger partial charge is 0.251 e. The van der Waals surface area contributed by atoms with Gasteiger partial charge in [-0.25, -0.2) is 4.98 Å². The van der Waals surface area contributed by atoms with Gasteiger partial charge in [-0.1, -0.05) is 39.0 Å². The highest BCUT2D eigenvalue weighted by molar-refractivity contribution is 5.98. The minimum atomic E-state index is -0.500. The highest BCUT2D eigenvalue weighted by Crippen LogP contribution is 2.18. The lowest BCUT2D eigenvalue weighted by Gasteiger charge is -2.17. The molecule has 0 spiro atoms. The number of hydrogen-bond acceptors (Lipinski definition) is 3. The zero-order valence-corrected chi connectivity index (χ0v) is 15.1. The number of fused-ring (bicyclic) bond motifs is 1. The van der Waals surface area contributed by atoms with Crippen molar-refractivity contribution < 1.29 is 9.59 Å². The largest absolute Gasteiger partial charge is 0.345 e. The SMILES string of the molecule is CC(C)(C)C(=O)Nc1cccc(C(=O)NCc2nc3ccccc3[nH]2)c1. The molecule has 0 saturated carbocycles. The fourth-order valence-electron chi connectivity index (χ4n) is 2.41. The third-order valence-corrected chi connectivity index (χ3v) is 3.92. The molecule has 0 fully saturated rings. The minimum absolute atomic E-state index is 0.0997. The van der Waals surface area contributed by atoms with Crippen molar-refractivity contribution in [2.45, 2.75) is 27.3 Å². The summed E-state index contributed by atoms with van der Waals surface area (Å²) < 4.78 is 0. The highest BCUT2D eigenvalue weighted by Gasteiger charge is 2.21. The van der Waals surface area contributed by atoms with Gasteiger partial charge in [-0.2, -0.15) is 0 Å². The van der Waals surface area contributed by atoms with Crippen LogP contribution in [0.15, 0.2) is 48.5 Å². The number of carbonyl (C=O) groups excluding carboxylic acids is 2. The van der Waals surface area contributed by atoms with Crippen molar-refractivity contribution in [2.24, 2.45) is 5.41 Å². The first-order valence-electron chi connectivity index (χ1n) is 8.46. The first kappa shape index (κ1) is 17.7. The zero-order valence-electron chi connectivity index (χ0n) is 15.1. The summed E-state index contributed by atoms with van der Waals surface area (Å²) >= 11 is 0. The van der Waals surface area contributed by atoms with E-state index in [9.17, 15) is 9.59 Å². The molecule has 3 N–H and O–H groups in total. The Morgan fingerprint density at radius 2 is 1.85 bits per heavy atom. The molecule has 3 rings (SSSR count). The van der Waals surface area contributed by atoms with Crippen LogP contribution in [-0.2, 0) is 11.3 Å². The van der Waals surface area contributed by atoms with E-state index in [4.69, 9.17) is 0 Å². The third kappa shape index (κ3) is 4.08. The number of nitrogens with one attached hydrogen (secondary N) is 3. The topological polar surface area (TPSA) is 86.9 Å². The van der Waals surface area contributed by atoms with Gasteiger partial charge >= 0.3 is 0 Å². The molecule has 0 radical (unpaired) electrons. The van der Waals surface area contributed by atoms with Crippen LogP contribution in [0.2, 0.25) is 0 Å². The monoisotopic (exact) mass is 350 g/mol. The van der Waals surface area contributed by atoms with Gasteiger partial charge in [-0.3, -0.25) is 9.59 Å². The van der Waals surface area contributed by atoms with E-state index in [1.807, 2.05) is 45.0 Å². The van der Waals surface area contributed by atoms with Crippen molar-refractivity contribution in [3.63, 3.8) is 0 Å². The summed E-state index contributed by atoms with van der Waals surface area (Å²) in [4.78, 5) is 32.1. The molecular formula is C20H22N4O2. The average molecular weight is 350 g/mol. The molecule has 0 atom stereocenters. The predicted molar refractivity (Wildman–Crippen MR) is 102 cm³/mol. The Bertz CT molecular complexity index is 921. The number of amides is 2. The Kier molecular flexibility index (Phi) is 4.75. The van der Waals surface area contributed by atoms with Crippen molar-refractivity contribution in [3.8, 4) is 0 Å².